The number of rotatable bonds is 4. The Bertz CT molecular complexity index is 973. The molecular weight excluding hydrogens is 382 g/mol. The number of halogens is 1. The highest BCUT2D eigenvalue weighted by Crippen LogP contribution is 2.35. The molecule has 2 heterocycles. The van der Waals surface area contributed by atoms with E-state index in [1.165, 1.54) is 17.3 Å². The average molecular weight is 400 g/mol. The SMILES string of the molecule is C[C@@H](Sc1nnc(-c2ccc(Cl)cc2)o1)C(=O)N1c2ccccc2C[C@@H]1C. The van der Waals surface area contributed by atoms with Crippen LogP contribution in [0.1, 0.15) is 19.4 Å². The zero-order valence-electron chi connectivity index (χ0n) is 14.9. The Balaban J connectivity index is 1.49. The van der Waals surface area contributed by atoms with Crippen LogP contribution in [0.3, 0.4) is 0 Å². The summed E-state index contributed by atoms with van der Waals surface area (Å²) in [5.74, 6) is 0.456. The van der Waals surface area contributed by atoms with Crippen LogP contribution in [0.25, 0.3) is 11.5 Å². The second-order valence-corrected chi connectivity index (χ2v) is 8.26. The Morgan fingerprint density at radius 3 is 2.74 bits per heavy atom. The van der Waals surface area contributed by atoms with Crippen molar-refractivity contribution in [3.05, 3.63) is 59.1 Å². The maximum atomic E-state index is 13.0. The minimum atomic E-state index is -0.336. The molecule has 1 aliphatic heterocycles. The van der Waals surface area contributed by atoms with Gasteiger partial charge in [0.15, 0.2) is 0 Å². The molecule has 7 heteroatoms. The van der Waals surface area contributed by atoms with Crippen LogP contribution in [0.15, 0.2) is 58.2 Å². The Hall–Kier alpha value is -2.31. The van der Waals surface area contributed by atoms with Gasteiger partial charge in [-0.05, 0) is 56.2 Å². The molecule has 0 saturated carbocycles. The number of benzene rings is 2. The molecule has 2 atom stereocenters. The number of hydrogen-bond acceptors (Lipinski definition) is 5. The highest BCUT2D eigenvalue weighted by atomic mass is 35.5. The predicted molar refractivity (Wildman–Crippen MR) is 107 cm³/mol. The zero-order chi connectivity index (χ0) is 19.0. The molecule has 4 rings (SSSR count). The van der Waals surface area contributed by atoms with Gasteiger partial charge in [-0.15, -0.1) is 10.2 Å². The van der Waals surface area contributed by atoms with Crippen LogP contribution < -0.4 is 4.90 Å². The predicted octanol–water partition coefficient (Wildman–Crippen LogP) is 4.85. The van der Waals surface area contributed by atoms with Crippen LogP contribution in [0, 0.1) is 0 Å². The second-order valence-electron chi connectivity index (χ2n) is 6.53. The molecule has 0 aliphatic carbocycles. The first-order valence-corrected chi connectivity index (χ1v) is 9.96. The first-order chi connectivity index (χ1) is 13.0. The molecule has 0 N–H and O–H groups in total. The number of aromatic nitrogens is 2. The first-order valence-electron chi connectivity index (χ1n) is 8.70. The molecule has 5 nitrogen and oxygen atoms in total. The van der Waals surface area contributed by atoms with Gasteiger partial charge in [-0.25, -0.2) is 0 Å². The Kier molecular flexibility index (Phi) is 4.93. The van der Waals surface area contributed by atoms with E-state index in [1.54, 1.807) is 12.1 Å². The van der Waals surface area contributed by atoms with E-state index in [-0.39, 0.29) is 17.2 Å². The molecule has 0 saturated heterocycles. The topological polar surface area (TPSA) is 59.2 Å². The van der Waals surface area contributed by atoms with E-state index in [1.807, 2.05) is 42.2 Å². The molecule has 0 radical (unpaired) electrons. The van der Waals surface area contributed by atoms with Gasteiger partial charge in [0, 0.05) is 22.3 Å². The summed E-state index contributed by atoms with van der Waals surface area (Å²) >= 11 is 7.18. The van der Waals surface area contributed by atoms with Crippen molar-refractivity contribution in [2.45, 2.75) is 36.8 Å². The van der Waals surface area contributed by atoms with E-state index in [0.717, 1.165) is 17.7 Å². The van der Waals surface area contributed by atoms with Crippen LogP contribution in [0.4, 0.5) is 5.69 Å². The number of hydrogen-bond donors (Lipinski definition) is 0. The lowest BCUT2D eigenvalue weighted by molar-refractivity contribution is -0.118. The molecule has 1 amide bonds. The third kappa shape index (κ3) is 3.59. The molecule has 1 aliphatic rings. The summed E-state index contributed by atoms with van der Waals surface area (Å²) in [5.41, 5.74) is 2.99. The molecular formula is C20H18ClN3O2S. The molecule has 27 heavy (non-hydrogen) atoms. The third-order valence-corrected chi connectivity index (χ3v) is 5.74. The summed E-state index contributed by atoms with van der Waals surface area (Å²) in [7, 11) is 0. The monoisotopic (exact) mass is 399 g/mol. The maximum absolute atomic E-state index is 13.0. The van der Waals surface area contributed by atoms with Gasteiger partial charge in [-0.3, -0.25) is 4.79 Å². The summed E-state index contributed by atoms with van der Waals surface area (Å²) in [5, 5.41) is 8.83. The third-order valence-electron chi connectivity index (χ3n) is 4.57. The van der Waals surface area contributed by atoms with Gasteiger partial charge in [0.2, 0.25) is 11.8 Å². The van der Waals surface area contributed by atoms with Crippen molar-refractivity contribution in [1.29, 1.82) is 0 Å². The van der Waals surface area contributed by atoms with Crippen molar-refractivity contribution in [3.63, 3.8) is 0 Å². The first kappa shape index (κ1) is 18.1. The number of nitrogens with zero attached hydrogens (tertiary/aromatic N) is 3. The molecule has 2 aromatic carbocycles. The van der Waals surface area contributed by atoms with Crippen molar-refractivity contribution in [3.8, 4) is 11.5 Å². The number of fused-ring (bicyclic) bond motifs is 1. The van der Waals surface area contributed by atoms with E-state index in [0.29, 0.717) is 16.1 Å². The highest BCUT2D eigenvalue weighted by Gasteiger charge is 2.34. The van der Waals surface area contributed by atoms with E-state index in [9.17, 15) is 4.79 Å². The van der Waals surface area contributed by atoms with Gasteiger partial charge in [0.1, 0.15) is 0 Å². The number of amides is 1. The summed E-state index contributed by atoms with van der Waals surface area (Å²) < 4.78 is 5.72. The number of thioether (sulfide) groups is 1. The van der Waals surface area contributed by atoms with Crippen LogP contribution >= 0.6 is 23.4 Å². The van der Waals surface area contributed by atoms with Gasteiger partial charge in [0.05, 0.1) is 5.25 Å². The lowest BCUT2D eigenvalue weighted by atomic mass is 10.1. The van der Waals surface area contributed by atoms with Crippen LogP contribution in [-0.4, -0.2) is 27.4 Å². The number of para-hydroxylation sites is 1. The molecule has 0 spiro atoms. The van der Waals surface area contributed by atoms with Crippen molar-refractivity contribution in [1.82, 2.24) is 10.2 Å². The van der Waals surface area contributed by atoms with Crippen LogP contribution in [0.2, 0.25) is 5.02 Å². The quantitative estimate of drug-likeness (QED) is 0.587. The maximum Gasteiger partial charge on any atom is 0.277 e. The van der Waals surface area contributed by atoms with Gasteiger partial charge in [0.25, 0.3) is 5.22 Å². The summed E-state index contributed by atoms with van der Waals surface area (Å²) in [6.45, 7) is 3.94. The lowest BCUT2D eigenvalue weighted by Crippen LogP contribution is -2.40. The average Bonchev–Trinajstić information content (AvgIpc) is 3.25. The van der Waals surface area contributed by atoms with Crippen LogP contribution in [-0.2, 0) is 11.2 Å². The normalized spacial score (nSPS) is 17.0. The van der Waals surface area contributed by atoms with Gasteiger partial charge in [-0.1, -0.05) is 41.6 Å². The Labute approximate surface area is 166 Å². The lowest BCUT2D eigenvalue weighted by Gasteiger charge is -2.25. The smallest absolute Gasteiger partial charge is 0.277 e. The number of carbonyl (C=O) groups is 1. The van der Waals surface area contributed by atoms with E-state index < -0.39 is 0 Å². The minimum absolute atomic E-state index is 0.0451. The Morgan fingerprint density at radius 1 is 1.22 bits per heavy atom. The standard InChI is InChI=1S/C20H18ClN3O2S/c1-12-11-15-5-3-4-6-17(15)24(12)19(25)13(2)27-20-23-22-18(26-20)14-7-9-16(21)10-8-14/h3-10,12-13H,11H2,1-2H3/t12-,13+/m0/s1. The molecule has 0 fully saturated rings. The van der Waals surface area contributed by atoms with Crippen molar-refractivity contribution in [2.75, 3.05) is 4.90 Å². The van der Waals surface area contributed by atoms with Crippen LogP contribution in [0.5, 0.6) is 0 Å². The molecule has 1 aromatic heterocycles. The number of carbonyl (C=O) groups excluding carboxylic acids is 1. The van der Waals surface area contributed by atoms with Gasteiger partial charge >= 0.3 is 0 Å². The molecule has 0 unspecified atom stereocenters. The van der Waals surface area contributed by atoms with Crippen molar-refractivity contribution in [2.24, 2.45) is 0 Å². The fourth-order valence-corrected chi connectivity index (χ4v) is 4.12. The second kappa shape index (κ2) is 7.37. The molecule has 0 bridgehead atoms. The minimum Gasteiger partial charge on any atom is -0.411 e. The van der Waals surface area contributed by atoms with E-state index in [2.05, 4.69) is 23.2 Å². The Morgan fingerprint density at radius 2 is 1.96 bits per heavy atom. The summed E-state index contributed by atoms with van der Waals surface area (Å²) in [6.07, 6.45) is 0.876. The molecule has 138 valence electrons. The highest BCUT2D eigenvalue weighted by molar-refractivity contribution is 8.00. The van der Waals surface area contributed by atoms with Crippen molar-refractivity contribution < 1.29 is 9.21 Å². The van der Waals surface area contributed by atoms with Crippen molar-refractivity contribution >= 4 is 35.0 Å². The van der Waals surface area contributed by atoms with E-state index in [4.69, 9.17) is 16.0 Å². The fraction of sp³-hybridized carbons (Fsp3) is 0.250. The summed E-state index contributed by atoms with van der Waals surface area (Å²) in [6, 6.07) is 15.4. The van der Waals surface area contributed by atoms with E-state index >= 15 is 0 Å². The van der Waals surface area contributed by atoms with Gasteiger partial charge < -0.3 is 9.32 Å². The fourth-order valence-electron chi connectivity index (χ4n) is 3.27. The van der Waals surface area contributed by atoms with Gasteiger partial charge in [-0.2, -0.15) is 0 Å². The molecule has 3 aromatic rings. The summed E-state index contributed by atoms with van der Waals surface area (Å²) in [4.78, 5) is 14.9. The zero-order valence-corrected chi connectivity index (χ0v) is 16.5. The number of anilines is 1. The largest absolute Gasteiger partial charge is 0.411 e.